The number of hydrogen-bond acceptors (Lipinski definition) is 6. The molecule has 2 aromatic carbocycles. The number of fused-ring (bicyclic) bond motifs is 1. The Kier molecular flexibility index (Phi) is 5.98. The zero-order chi connectivity index (χ0) is 20.4. The highest BCUT2D eigenvalue weighted by Crippen LogP contribution is 2.35. The van der Waals surface area contributed by atoms with Crippen LogP contribution in [0.4, 0.5) is 13.9 Å². The summed E-state index contributed by atoms with van der Waals surface area (Å²) in [4.78, 5) is 14.7. The standard InChI is InChI=1S/C19H14ClF2N3O2S2/c20-13-6-7-14-12(8-13)9-15(27-14)16(26)25(10-11-4-2-1-3-5-11)18-23-24-19(29-18)28-17(21)22/h1-8,15,17H,9-10H2/t15-/m1/s1. The van der Waals surface area contributed by atoms with Crippen molar-refractivity contribution in [3.8, 4) is 5.75 Å². The van der Waals surface area contributed by atoms with Crippen LogP contribution < -0.4 is 9.64 Å². The summed E-state index contributed by atoms with van der Waals surface area (Å²) in [5.74, 6) is -2.31. The summed E-state index contributed by atoms with van der Waals surface area (Å²) in [6.07, 6.45) is -0.375. The molecule has 1 aliphatic heterocycles. The molecule has 0 unspecified atom stereocenters. The van der Waals surface area contributed by atoms with Crippen molar-refractivity contribution < 1.29 is 18.3 Å². The number of benzene rings is 2. The molecule has 0 spiro atoms. The van der Waals surface area contributed by atoms with Gasteiger partial charge in [0.2, 0.25) is 5.13 Å². The second kappa shape index (κ2) is 8.64. The highest BCUT2D eigenvalue weighted by molar-refractivity contribution is 8.01. The Balaban J connectivity index is 1.60. The normalized spacial score (nSPS) is 15.2. The van der Waals surface area contributed by atoms with Crippen molar-refractivity contribution in [2.45, 2.75) is 29.2 Å². The van der Waals surface area contributed by atoms with Gasteiger partial charge in [-0.25, -0.2) is 0 Å². The fourth-order valence-corrected chi connectivity index (χ4v) is 4.62. The Morgan fingerprint density at radius 3 is 2.83 bits per heavy atom. The number of thioether (sulfide) groups is 1. The molecule has 0 saturated carbocycles. The van der Waals surface area contributed by atoms with Gasteiger partial charge in [-0.2, -0.15) is 8.78 Å². The van der Waals surface area contributed by atoms with Crippen molar-refractivity contribution in [3.63, 3.8) is 0 Å². The number of aromatic nitrogens is 2. The molecule has 2 heterocycles. The van der Waals surface area contributed by atoms with Crippen molar-refractivity contribution in [2.24, 2.45) is 0 Å². The van der Waals surface area contributed by atoms with E-state index >= 15 is 0 Å². The minimum atomic E-state index is -2.61. The lowest BCUT2D eigenvalue weighted by atomic mass is 10.1. The molecule has 10 heteroatoms. The molecule has 0 saturated heterocycles. The molecule has 0 radical (unpaired) electrons. The first kappa shape index (κ1) is 20.1. The van der Waals surface area contributed by atoms with Crippen LogP contribution >= 0.6 is 34.7 Å². The second-order valence-electron chi connectivity index (χ2n) is 6.20. The predicted octanol–water partition coefficient (Wildman–Crippen LogP) is 5.04. The molecule has 0 N–H and O–H groups in total. The number of carbonyl (C=O) groups excluding carboxylic acids is 1. The zero-order valence-electron chi connectivity index (χ0n) is 14.8. The number of alkyl halides is 2. The van der Waals surface area contributed by atoms with E-state index in [-0.39, 0.29) is 21.9 Å². The van der Waals surface area contributed by atoms with E-state index < -0.39 is 11.9 Å². The van der Waals surface area contributed by atoms with E-state index in [0.29, 0.717) is 29.0 Å². The van der Waals surface area contributed by atoms with Gasteiger partial charge in [-0.1, -0.05) is 53.3 Å². The van der Waals surface area contributed by atoms with Gasteiger partial charge in [0, 0.05) is 11.4 Å². The Hall–Kier alpha value is -2.23. The molecule has 4 rings (SSSR count). The quantitative estimate of drug-likeness (QED) is 0.386. The average Bonchev–Trinajstić information content (AvgIpc) is 3.32. The van der Waals surface area contributed by atoms with Crippen LogP contribution in [0.1, 0.15) is 11.1 Å². The van der Waals surface area contributed by atoms with E-state index in [1.54, 1.807) is 18.2 Å². The second-order valence-corrected chi connectivity index (χ2v) is 8.83. The fraction of sp³-hybridized carbons (Fsp3) is 0.211. The summed E-state index contributed by atoms with van der Waals surface area (Å²) in [6, 6.07) is 14.6. The molecule has 0 bridgehead atoms. The average molecular weight is 454 g/mol. The van der Waals surface area contributed by atoms with Gasteiger partial charge in [0.05, 0.1) is 6.54 Å². The molecule has 1 aromatic heterocycles. The van der Waals surface area contributed by atoms with Gasteiger partial charge in [0.15, 0.2) is 10.4 Å². The van der Waals surface area contributed by atoms with E-state index in [4.69, 9.17) is 16.3 Å². The van der Waals surface area contributed by atoms with Crippen molar-refractivity contribution in [2.75, 3.05) is 4.90 Å². The molecule has 5 nitrogen and oxygen atoms in total. The summed E-state index contributed by atoms with van der Waals surface area (Å²) >= 11 is 7.29. The fourth-order valence-electron chi connectivity index (χ4n) is 2.97. The van der Waals surface area contributed by atoms with Crippen LogP contribution in [0.5, 0.6) is 5.75 Å². The van der Waals surface area contributed by atoms with Crippen molar-refractivity contribution >= 4 is 45.7 Å². The number of halogens is 3. The maximum absolute atomic E-state index is 13.3. The maximum atomic E-state index is 13.3. The molecule has 1 atom stereocenters. The minimum absolute atomic E-state index is 0.100. The third-order valence-electron chi connectivity index (χ3n) is 4.24. The van der Waals surface area contributed by atoms with Gasteiger partial charge in [0.25, 0.3) is 11.7 Å². The highest BCUT2D eigenvalue weighted by atomic mass is 35.5. The number of amides is 1. The first-order valence-electron chi connectivity index (χ1n) is 8.58. The van der Waals surface area contributed by atoms with Crippen molar-refractivity contribution in [1.29, 1.82) is 0 Å². The SMILES string of the molecule is O=C([C@H]1Cc2cc(Cl)ccc2O1)N(Cc1ccccc1)c1nnc(SC(F)F)s1. The number of ether oxygens (including phenoxy) is 1. The van der Waals surface area contributed by atoms with Crippen molar-refractivity contribution in [1.82, 2.24) is 10.2 Å². The molecular formula is C19H14ClF2N3O2S2. The van der Waals surface area contributed by atoms with E-state index in [1.165, 1.54) is 4.90 Å². The Morgan fingerprint density at radius 1 is 1.28 bits per heavy atom. The lowest BCUT2D eigenvalue weighted by Gasteiger charge is -2.22. The monoisotopic (exact) mass is 453 g/mol. The number of hydrogen-bond donors (Lipinski definition) is 0. The van der Waals surface area contributed by atoms with Crippen LogP contribution in [0, 0.1) is 0 Å². The third kappa shape index (κ3) is 4.68. The predicted molar refractivity (Wildman–Crippen MR) is 109 cm³/mol. The molecule has 0 fully saturated rings. The number of anilines is 1. The van der Waals surface area contributed by atoms with E-state index in [1.807, 2.05) is 30.3 Å². The zero-order valence-corrected chi connectivity index (χ0v) is 17.2. The third-order valence-corrected chi connectivity index (χ3v) is 6.21. The van der Waals surface area contributed by atoms with E-state index in [9.17, 15) is 13.6 Å². The van der Waals surface area contributed by atoms with Gasteiger partial charge in [-0.15, -0.1) is 10.2 Å². The molecule has 1 amide bonds. The minimum Gasteiger partial charge on any atom is -0.480 e. The number of rotatable bonds is 6. The Labute approximate surface area is 178 Å². The van der Waals surface area contributed by atoms with Gasteiger partial charge < -0.3 is 4.74 Å². The van der Waals surface area contributed by atoms with E-state index in [0.717, 1.165) is 22.5 Å². The van der Waals surface area contributed by atoms with Crippen LogP contribution in [0.15, 0.2) is 52.9 Å². The first-order chi connectivity index (χ1) is 14.0. The van der Waals surface area contributed by atoms with Crippen LogP contribution in [-0.2, 0) is 17.8 Å². The number of carbonyl (C=O) groups is 1. The van der Waals surface area contributed by atoms with Crippen LogP contribution in [-0.4, -0.2) is 28.0 Å². The molecular weight excluding hydrogens is 440 g/mol. The van der Waals surface area contributed by atoms with Gasteiger partial charge >= 0.3 is 0 Å². The van der Waals surface area contributed by atoms with Crippen LogP contribution in [0.3, 0.4) is 0 Å². The molecule has 0 aliphatic carbocycles. The summed E-state index contributed by atoms with van der Waals surface area (Å²) in [5.41, 5.74) is 1.72. The maximum Gasteiger partial charge on any atom is 0.291 e. The van der Waals surface area contributed by atoms with Crippen molar-refractivity contribution in [3.05, 3.63) is 64.7 Å². The largest absolute Gasteiger partial charge is 0.480 e. The number of nitrogens with zero attached hydrogens (tertiary/aromatic N) is 3. The topological polar surface area (TPSA) is 55.3 Å². The van der Waals surface area contributed by atoms with Gasteiger partial charge in [-0.05, 0) is 41.1 Å². The summed E-state index contributed by atoms with van der Waals surface area (Å²) in [7, 11) is 0. The van der Waals surface area contributed by atoms with Crippen LogP contribution in [0.2, 0.25) is 5.02 Å². The lowest BCUT2D eigenvalue weighted by molar-refractivity contribution is -0.124. The molecule has 150 valence electrons. The Morgan fingerprint density at radius 2 is 2.07 bits per heavy atom. The van der Waals surface area contributed by atoms with Gasteiger partial charge in [0.1, 0.15) is 5.75 Å². The smallest absolute Gasteiger partial charge is 0.291 e. The summed E-state index contributed by atoms with van der Waals surface area (Å²) in [6.45, 7) is 0.227. The molecule has 1 aliphatic rings. The van der Waals surface area contributed by atoms with Crippen LogP contribution in [0.25, 0.3) is 0 Å². The molecule has 3 aromatic rings. The first-order valence-corrected chi connectivity index (χ1v) is 10.7. The van der Waals surface area contributed by atoms with Gasteiger partial charge in [-0.3, -0.25) is 9.69 Å². The molecule has 29 heavy (non-hydrogen) atoms. The summed E-state index contributed by atoms with van der Waals surface area (Å²) in [5, 5.41) is 8.56. The Bertz CT molecular complexity index is 1020. The van der Waals surface area contributed by atoms with E-state index in [2.05, 4.69) is 10.2 Å². The highest BCUT2D eigenvalue weighted by Gasteiger charge is 2.34. The lowest BCUT2D eigenvalue weighted by Crippen LogP contribution is -2.41. The summed E-state index contributed by atoms with van der Waals surface area (Å²) < 4.78 is 31.2.